The normalized spacial score (nSPS) is 20.7. The molecule has 1 saturated heterocycles. The maximum atomic E-state index is 4.96. The molecule has 1 aliphatic rings. The zero-order valence-electron chi connectivity index (χ0n) is 14.0. The van der Waals surface area contributed by atoms with Crippen molar-refractivity contribution in [3.05, 3.63) is 29.8 Å². The van der Waals surface area contributed by atoms with Gasteiger partial charge in [-0.25, -0.2) is 4.99 Å². The van der Waals surface area contributed by atoms with Gasteiger partial charge in [0.25, 0.3) is 0 Å². The quantitative estimate of drug-likeness (QED) is 0.558. The van der Waals surface area contributed by atoms with Crippen molar-refractivity contribution in [3.63, 3.8) is 0 Å². The molecule has 0 spiro atoms. The highest BCUT2D eigenvalue weighted by Gasteiger charge is 2.37. The highest BCUT2D eigenvalue weighted by Crippen LogP contribution is 2.39. The average Bonchev–Trinajstić information content (AvgIpc) is 2.40. The van der Waals surface area contributed by atoms with Crippen LogP contribution in [0.1, 0.15) is 46.1 Å². The average molecular weight is 355 g/mol. The summed E-state index contributed by atoms with van der Waals surface area (Å²) in [5.74, 6) is 1.52. The van der Waals surface area contributed by atoms with E-state index in [0.29, 0.717) is 5.92 Å². The molecule has 0 aromatic heterocycles. The lowest BCUT2D eigenvalue weighted by Gasteiger charge is -2.45. The molecule has 22 heavy (non-hydrogen) atoms. The predicted octanol–water partition coefficient (Wildman–Crippen LogP) is 5.41. The van der Waals surface area contributed by atoms with Crippen LogP contribution < -0.4 is 0 Å². The lowest BCUT2D eigenvalue weighted by molar-refractivity contribution is 0.261. The topological polar surface area (TPSA) is 15.6 Å². The molecule has 1 heterocycles. The first-order valence-corrected chi connectivity index (χ1v) is 9.51. The zero-order chi connectivity index (χ0) is 16.5. The third-order valence-electron chi connectivity index (χ3n) is 3.70. The van der Waals surface area contributed by atoms with Gasteiger partial charge in [0, 0.05) is 12.3 Å². The lowest BCUT2D eigenvalue weighted by Crippen LogP contribution is -2.50. The van der Waals surface area contributed by atoms with Gasteiger partial charge in [0.15, 0.2) is 5.17 Å². The van der Waals surface area contributed by atoms with Gasteiger partial charge in [0.05, 0.1) is 5.69 Å². The predicted molar refractivity (Wildman–Crippen MR) is 107 cm³/mol. The van der Waals surface area contributed by atoms with E-state index in [9.17, 15) is 0 Å². The molecular weight excluding hydrogens is 328 g/mol. The molecule has 2 rings (SSSR count). The van der Waals surface area contributed by atoms with E-state index in [-0.39, 0.29) is 5.41 Å². The maximum absolute atomic E-state index is 4.96. The van der Waals surface area contributed by atoms with E-state index >= 15 is 0 Å². The first-order chi connectivity index (χ1) is 10.1. The number of thiol groups is 2. The Labute approximate surface area is 150 Å². The number of hydrogen-bond acceptors (Lipinski definition) is 4. The monoisotopic (exact) mass is 354 g/mol. The van der Waals surface area contributed by atoms with Crippen molar-refractivity contribution in [2.24, 2.45) is 10.4 Å². The van der Waals surface area contributed by atoms with Crippen LogP contribution in [0.25, 0.3) is 0 Å². The summed E-state index contributed by atoms with van der Waals surface area (Å²) in [6.07, 6.45) is 0. The van der Waals surface area contributed by atoms with E-state index in [4.69, 9.17) is 4.99 Å². The second kappa shape index (κ2) is 6.70. The number of para-hydroxylation sites is 1. The highest BCUT2D eigenvalue weighted by molar-refractivity contribution is 8.14. The number of nitrogens with zero attached hydrogens (tertiary/aromatic N) is 2. The molecule has 1 aliphatic heterocycles. The number of amidine groups is 1. The second-order valence-corrected chi connectivity index (χ2v) is 10.2. The summed E-state index contributed by atoms with van der Waals surface area (Å²) in [6, 6.07) is 8.38. The van der Waals surface area contributed by atoms with Gasteiger partial charge in [-0.05, 0) is 29.9 Å². The number of benzene rings is 1. The van der Waals surface area contributed by atoms with Gasteiger partial charge >= 0.3 is 0 Å². The minimum atomic E-state index is -0.518. The summed E-state index contributed by atoms with van der Waals surface area (Å²) in [5.41, 5.74) is 2.56. The first kappa shape index (κ1) is 18.1. The molecule has 0 aliphatic carbocycles. The summed E-state index contributed by atoms with van der Waals surface area (Å²) in [5, 5.41) is 1.01. The molecule has 0 atom stereocenters. The number of thioether (sulfide) groups is 1. The molecular formula is C17H26N2S3. The van der Waals surface area contributed by atoms with E-state index < -0.39 is 4.20 Å². The highest BCUT2D eigenvalue weighted by atomic mass is 32.2. The van der Waals surface area contributed by atoms with Crippen LogP contribution in [0.5, 0.6) is 0 Å². The summed E-state index contributed by atoms with van der Waals surface area (Å²) >= 11 is 11.1. The third-order valence-corrected chi connectivity index (χ3v) is 5.67. The molecule has 0 bridgehead atoms. The molecule has 0 unspecified atom stereocenters. The van der Waals surface area contributed by atoms with E-state index in [1.54, 1.807) is 11.8 Å². The molecule has 5 heteroatoms. The van der Waals surface area contributed by atoms with Crippen molar-refractivity contribution in [1.82, 2.24) is 4.90 Å². The van der Waals surface area contributed by atoms with E-state index in [2.05, 4.69) is 76.1 Å². The summed E-state index contributed by atoms with van der Waals surface area (Å²) in [4.78, 5) is 7.16. The Hall–Kier alpha value is -0.260. The Bertz CT molecular complexity index is 559. The van der Waals surface area contributed by atoms with Gasteiger partial charge in [-0.3, -0.25) is 0 Å². The van der Waals surface area contributed by atoms with E-state index in [1.807, 2.05) is 13.0 Å². The minimum Gasteiger partial charge on any atom is -0.328 e. The molecule has 122 valence electrons. The van der Waals surface area contributed by atoms with Crippen LogP contribution >= 0.6 is 37.0 Å². The van der Waals surface area contributed by atoms with E-state index in [1.165, 1.54) is 5.56 Å². The Balaban J connectivity index is 2.41. The molecule has 2 nitrogen and oxygen atoms in total. The minimum absolute atomic E-state index is 0.230. The van der Waals surface area contributed by atoms with Crippen molar-refractivity contribution in [2.45, 2.75) is 44.7 Å². The smallest absolute Gasteiger partial charge is 0.166 e. The van der Waals surface area contributed by atoms with Crippen LogP contribution in [0, 0.1) is 5.41 Å². The molecule has 1 aromatic rings. The fraction of sp³-hybridized carbons (Fsp3) is 0.588. The number of rotatable bonds is 3. The van der Waals surface area contributed by atoms with Crippen molar-refractivity contribution in [3.8, 4) is 0 Å². The molecule has 1 aromatic carbocycles. The Morgan fingerprint density at radius 3 is 2.50 bits per heavy atom. The third kappa shape index (κ3) is 4.39. The Morgan fingerprint density at radius 1 is 1.27 bits per heavy atom. The number of aliphatic imine (C=N–C) groups is 1. The largest absolute Gasteiger partial charge is 0.328 e. The van der Waals surface area contributed by atoms with Crippen molar-refractivity contribution in [2.75, 3.05) is 12.3 Å². The van der Waals surface area contributed by atoms with Crippen molar-refractivity contribution < 1.29 is 0 Å². The van der Waals surface area contributed by atoms with Gasteiger partial charge < -0.3 is 4.90 Å². The summed E-state index contributed by atoms with van der Waals surface area (Å²) in [6.45, 7) is 11.9. The molecule has 1 fully saturated rings. The Kier molecular flexibility index (Phi) is 5.50. The van der Waals surface area contributed by atoms with Gasteiger partial charge in [-0.2, -0.15) is 0 Å². The Morgan fingerprint density at radius 2 is 1.91 bits per heavy atom. The van der Waals surface area contributed by atoms with Gasteiger partial charge in [-0.1, -0.05) is 57.7 Å². The summed E-state index contributed by atoms with van der Waals surface area (Å²) < 4.78 is -0.518. The van der Waals surface area contributed by atoms with Crippen LogP contribution in [0.15, 0.2) is 29.3 Å². The molecule has 0 N–H and O–H groups in total. The van der Waals surface area contributed by atoms with Crippen LogP contribution in [0.2, 0.25) is 0 Å². The van der Waals surface area contributed by atoms with Crippen LogP contribution in [-0.2, 0) is 0 Å². The summed E-state index contributed by atoms with van der Waals surface area (Å²) in [7, 11) is 0. The van der Waals surface area contributed by atoms with Crippen LogP contribution in [0.3, 0.4) is 0 Å². The molecule has 0 saturated carbocycles. The van der Waals surface area contributed by atoms with Crippen molar-refractivity contribution in [1.29, 1.82) is 0 Å². The van der Waals surface area contributed by atoms with Gasteiger partial charge in [0.2, 0.25) is 0 Å². The fourth-order valence-electron chi connectivity index (χ4n) is 2.48. The number of hydrogen-bond donors (Lipinski definition) is 2. The lowest BCUT2D eigenvalue weighted by atomic mass is 9.95. The fourth-order valence-corrected chi connectivity index (χ4v) is 4.13. The molecule has 0 radical (unpaired) electrons. The zero-order valence-corrected chi connectivity index (χ0v) is 16.6. The van der Waals surface area contributed by atoms with Gasteiger partial charge in [0.1, 0.15) is 4.20 Å². The second-order valence-electron chi connectivity index (χ2n) is 7.12. The van der Waals surface area contributed by atoms with Crippen LogP contribution in [-0.4, -0.2) is 26.6 Å². The van der Waals surface area contributed by atoms with Gasteiger partial charge in [-0.15, -0.1) is 25.3 Å². The first-order valence-electron chi connectivity index (χ1n) is 7.63. The standard InChI is InChI=1S/C17H26N2S3/c1-12(2)13-8-6-7-9-14(13)18-15-19(17(5,20)21)10-16(3,4)11-22-15/h6-9,12,20-21H,10-11H2,1-5H3. The van der Waals surface area contributed by atoms with Crippen molar-refractivity contribution >= 4 is 47.9 Å². The van der Waals surface area contributed by atoms with E-state index in [0.717, 1.165) is 23.2 Å². The van der Waals surface area contributed by atoms with Crippen LogP contribution in [0.4, 0.5) is 5.69 Å². The molecule has 0 amide bonds. The SMILES string of the molecule is CC(C)c1ccccc1N=C1SCC(C)(C)CN1C(C)(S)S. The maximum Gasteiger partial charge on any atom is 0.166 e.